The maximum Gasteiger partial charge on any atom is 0.318 e. The summed E-state index contributed by atoms with van der Waals surface area (Å²) in [5.74, 6) is 0. The first-order valence-corrected chi connectivity index (χ1v) is 7.56. The van der Waals surface area contributed by atoms with E-state index >= 15 is 0 Å². The predicted molar refractivity (Wildman–Crippen MR) is 70.6 cm³/mol. The quantitative estimate of drug-likeness (QED) is 0.431. The molecular weight excluding hydrogens is 257 g/mol. The van der Waals surface area contributed by atoms with Crippen LogP contribution in [0, 0.1) is 0 Å². The first kappa shape index (κ1) is 18.0. The molecule has 0 spiro atoms. The third-order valence-corrected chi connectivity index (χ3v) is 3.48. The molecule has 0 radical (unpaired) electrons. The highest BCUT2D eigenvalue weighted by atomic mass is 31.1. The van der Waals surface area contributed by atoms with E-state index in [-0.39, 0.29) is 13.1 Å². The molecule has 3 N–H and O–H groups in total. The maximum absolute atomic E-state index is 11.0. The molecule has 3 unspecified atom stereocenters. The van der Waals surface area contributed by atoms with Crippen molar-refractivity contribution in [1.82, 2.24) is 4.90 Å². The van der Waals surface area contributed by atoms with Crippen molar-refractivity contribution < 1.29 is 24.2 Å². The van der Waals surface area contributed by atoms with E-state index in [4.69, 9.17) is 9.42 Å². The normalized spacial score (nSPS) is 17.8. The van der Waals surface area contributed by atoms with Gasteiger partial charge in [0.2, 0.25) is 0 Å². The van der Waals surface area contributed by atoms with Crippen LogP contribution in [0.25, 0.3) is 0 Å². The van der Waals surface area contributed by atoms with Crippen molar-refractivity contribution in [1.29, 1.82) is 0 Å². The molecule has 0 aromatic carbocycles. The molecule has 6 nitrogen and oxygen atoms in total. The topological polar surface area (TPSA) is 90.2 Å². The van der Waals surface area contributed by atoms with Crippen molar-refractivity contribution in [2.24, 2.45) is 0 Å². The van der Waals surface area contributed by atoms with Crippen LogP contribution in [0.15, 0.2) is 0 Å². The molecular formula is C11H26NO5P. The van der Waals surface area contributed by atoms with Crippen LogP contribution in [0.3, 0.4) is 0 Å². The summed E-state index contributed by atoms with van der Waals surface area (Å²) in [4.78, 5) is 10.8. The van der Waals surface area contributed by atoms with E-state index in [1.54, 1.807) is 18.7 Å². The molecule has 3 atom stereocenters. The Hall–Kier alpha value is 0.0300. The van der Waals surface area contributed by atoms with Crippen molar-refractivity contribution in [3.05, 3.63) is 0 Å². The first-order valence-electron chi connectivity index (χ1n) is 6.30. The molecule has 0 bridgehead atoms. The van der Waals surface area contributed by atoms with Gasteiger partial charge in [0.1, 0.15) is 5.72 Å². The third-order valence-electron chi connectivity index (χ3n) is 2.93. The number of hydrogen-bond donors (Lipinski definition) is 3. The van der Waals surface area contributed by atoms with E-state index in [0.29, 0.717) is 12.8 Å². The number of aliphatic hydroxyl groups is 2. The van der Waals surface area contributed by atoms with Crippen LogP contribution in [0.1, 0.15) is 40.5 Å². The van der Waals surface area contributed by atoms with Gasteiger partial charge in [-0.15, -0.1) is 0 Å². The molecule has 0 heterocycles. The van der Waals surface area contributed by atoms with Gasteiger partial charge in [0.25, 0.3) is 0 Å². The number of rotatable bonds is 9. The van der Waals surface area contributed by atoms with Crippen LogP contribution in [0.4, 0.5) is 0 Å². The lowest BCUT2D eigenvalue weighted by Gasteiger charge is -2.43. The summed E-state index contributed by atoms with van der Waals surface area (Å²) < 4.78 is 16.2. The highest BCUT2D eigenvalue weighted by molar-refractivity contribution is 7.32. The second-order valence-corrected chi connectivity index (χ2v) is 5.36. The minimum Gasteiger partial charge on any atom is -0.392 e. The Bertz CT molecular complexity index is 246. The Labute approximate surface area is 110 Å². The van der Waals surface area contributed by atoms with Crippen LogP contribution < -0.4 is 0 Å². The molecule has 0 rings (SSSR count). The average Bonchev–Trinajstić information content (AvgIpc) is 2.23. The van der Waals surface area contributed by atoms with Gasteiger partial charge in [-0.25, -0.2) is 0 Å². The lowest BCUT2D eigenvalue weighted by atomic mass is 10.0. The summed E-state index contributed by atoms with van der Waals surface area (Å²) in [6.07, 6.45) is -0.212. The van der Waals surface area contributed by atoms with Crippen molar-refractivity contribution in [2.45, 2.75) is 58.5 Å². The second kappa shape index (κ2) is 8.25. The van der Waals surface area contributed by atoms with Crippen LogP contribution in [0.2, 0.25) is 0 Å². The van der Waals surface area contributed by atoms with Crippen molar-refractivity contribution in [3.8, 4) is 0 Å². The number of hydrogen-bond acceptors (Lipinski definition) is 5. The summed E-state index contributed by atoms with van der Waals surface area (Å²) in [6.45, 7) is 7.53. The molecule has 110 valence electrons. The summed E-state index contributed by atoms with van der Waals surface area (Å²) in [7, 11) is -3.08. The summed E-state index contributed by atoms with van der Waals surface area (Å²) in [6, 6.07) is 0. The molecule has 0 aliphatic rings. The van der Waals surface area contributed by atoms with Crippen LogP contribution in [0.5, 0.6) is 0 Å². The molecule has 0 aliphatic heterocycles. The monoisotopic (exact) mass is 283 g/mol. The van der Waals surface area contributed by atoms with Gasteiger partial charge in [0.15, 0.2) is 0 Å². The van der Waals surface area contributed by atoms with Gasteiger partial charge in [-0.2, -0.15) is 0 Å². The first-order chi connectivity index (χ1) is 8.27. The lowest BCUT2D eigenvalue weighted by Crippen LogP contribution is -2.53. The largest absolute Gasteiger partial charge is 0.392 e. The van der Waals surface area contributed by atoms with Gasteiger partial charge in [-0.1, -0.05) is 13.8 Å². The van der Waals surface area contributed by atoms with Gasteiger partial charge in [-0.05, 0) is 26.7 Å². The van der Waals surface area contributed by atoms with Gasteiger partial charge in [0.05, 0.1) is 12.2 Å². The molecule has 0 saturated carbocycles. The fourth-order valence-electron chi connectivity index (χ4n) is 2.11. The van der Waals surface area contributed by atoms with Gasteiger partial charge in [-0.3, -0.25) is 14.0 Å². The van der Waals surface area contributed by atoms with Gasteiger partial charge in [0, 0.05) is 13.1 Å². The minimum atomic E-state index is -3.08. The minimum absolute atomic E-state index is 0.279. The van der Waals surface area contributed by atoms with Crippen molar-refractivity contribution >= 4 is 8.25 Å². The predicted octanol–water partition coefficient (Wildman–Crippen LogP) is 0.965. The van der Waals surface area contributed by atoms with Crippen molar-refractivity contribution in [2.75, 3.05) is 13.1 Å². The number of aliphatic hydroxyl groups excluding tert-OH is 2. The number of nitrogens with zero attached hydrogens (tertiary/aromatic N) is 1. The highest BCUT2D eigenvalue weighted by Gasteiger charge is 2.37. The Morgan fingerprint density at radius 1 is 1.17 bits per heavy atom. The van der Waals surface area contributed by atoms with E-state index in [1.807, 2.05) is 13.8 Å². The van der Waals surface area contributed by atoms with Gasteiger partial charge >= 0.3 is 8.25 Å². The molecule has 0 fully saturated rings. The van der Waals surface area contributed by atoms with Crippen LogP contribution >= 0.6 is 8.25 Å². The molecule has 0 aromatic heterocycles. The zero-order valence-electron chi connectivity index (χ0n) is 11.6. The molecule has 18 heavy (non-hydrogen) atoms. The molecule has 7 heteroatoms. The average molecular weight is 283 g/mol. The van der Waals surface area contributed by atoms with Crippen molar-refractivity contribution in [3.63, 3.8) is 0 Å². The fourth-order valence-corrected chi connectivity index (χ4v) is 2.86. The van der Waals surface area contributed by atoms with E-state index < -0.39 is 26.2 Å². The van der Waals surface area contributed by atoms with Crippen LogP contribution in [-0.4, -0.2) is 51.0 Å². The molecule has 0 aliphatic carbocycles. The maximum atomic E-state index is 11.0. The van der Waals surface area contributed by atoms with E-state index in [9.17, 15) is 14.8 Å². The third kappa shape index (κ3) is 5.78. The standard InChI is InChI=1S/C11H26NO5P/c1-5-11(6-2,17-18(15)16)12(7-9(3)13)8-10(4)14/h9-10,13-14,18H,5-8H2,1-4H3,(H,15,16). The summed E-state index contributed by atoms with van der Waals surface area (Å²) >= 11 is 0. The smallest absolute Gasteiger partial charge is 0.318 e. The second-order valence-electron chi connectivity index (χ2n) is 4.62. The Morgan fingerprint density at radius 3 is 1.78 bits per heavy atom. The Balaban J connectivity index is 5.10. The summed E-state index contributed by atoms with van der Waals surface area (Å²) in [5, 5.41) is 19.0. The Kier molecular flexibility index (Phi) is 8.26. The van der Waals surface area contributed by atoms with E-state index in [0.717, 1.165) is 0 Å². The SMILES string of the molecule is CCC(CC)(O[PH](=O)O)N(CC(C)O)CC(C)O. The molecule has 0 saturated heterocycles. The summed E-state index contributed by atoms with van der Waals surface area (Å²) in [5.41, 5.74) is -0.918. The zero-order valence-corrected chi connectivity index (χ0v) is 12.6. The zero-order chi connectivity index (χ0) is 14.3. The molecule has 0 aromatic rings. The fraction of sp³-hybridized carbons (Fsp3) is 1.00. The van der Waals surface area contributed by atoms with Gasteiger partial charge < -0.3 is 15.1 Å². The van der Waals surface area contributed by atoms with E-state index in [2.05, 4.69) is 0 Å². The van der Waals surface area contributed by atoms with E-state index in [1.165, 1.54) is 0 Å². The Morgan fingerprint density at radius 2 is 1.56 bits per heavy atom. The van der Waals surface area contributed by atoms with Crippen LogP contribution in [-0.2, 0) is 9.09 Å². The molecule has 0 amide bonds. The highest BCUT2D eigenvalue weighted by Crippen LogP contribution is 2.35. The lowest BCUT2D eigenvalue weighted by molar-refractivity contribution is -0.116.